The summed E-state index contributed by atoms with van der Waals surface area (Å²) in [5.41, 5.74) is 1.92. The molecule has 3 aromatic rings. The third-order valence-electron chi connectivity index (χ3n) is 3.69. The third-order valence-corrected chi connectivity index (χ3v) is 4.98. The maximum absolute atomic E-state index is 13.3. The van der Waals surface area contributed by atoms with Crippen LogP contribution in [0.15, 0.2) is 78.9 Å². The Morgan fingerprint density at radius 2 is 1.16 bits per heavy atom. The lowest BCUT2D eigenvalue weighted by molar-refractivity contribution is 0.297. The first-order valence-electron chi connectivity index (χ1n) is 7.91. The first-order valence-corrected chi connectivity index (χ1v) is 9.37. The Morgan fingerprint density at radius 1 is 0.640 bits per heavy atom. The van der Waals surface area contributed by atoms with Gasteiger partial charge in [0.1, 0.15) is 17.2 Å². The summed E-state index contributed by atoms with van der Waals surface area (Å²) in [5, 5.41) is 0. The van der Waals surface area contributed by atoms with Crippen molar-refractivity contribution in [1.29, 1.82) is 0 Å². The monoisotopic (exact) mass is 354 g/mol. The highest BCUT2D eigenvalue weighted by Crippen LogP contribution is 2.50. The van der Waals surface area contributed by atoms with Crippen LogP contribution in [0, 0.1) is 13.8 Å². The van der Waals surface area contributed by atoms with Gasteiger partial charge in [-0.15, -0.1) is 0 Å². The van der Waals surface area contributed by atoms with Crippen LogP contribution >= 0.6 is 7.82 Å². The molecule has 128 valence electrons. The molecule has 5 heteroatoms. The Balaban J connectivity index is 1.93. The van der Waals surface area contributed by atoms with Crippen molar-refractivity contribution in [3.8, 4) is 17.2 Å². The number of para-hydroxylation sites is 2. The molecule has 0 aliphatic carbocycles. The highest BCUT2D eigenvalue weighted by Gasteiger charge is 2.33. The molecule has 25 heavy (non-hydrogen) atoms. The molecule has 0 aliphatic heterocycles. The fourth-order valence-electron chi connectivity index (χ4n) is 2.22. The van der Waals surface area contributed by atoms with Crippen LogP contribution in [0.1, 0.15) is 11.1 Å². The fraction of sp³-hybridized carbons (Fsp3) is 0.100. The summed E-state index contributed by atoms with van der Waals surface area (Å²) in [5.74, 6) is 1.29. The minimum Gasteiger partial charge on any atom is -0.386 e. The molecule has 0 heterocycles. The van der Waals surface area contributed by atoms with Gasteiger partial charge in [0.2, 0.25) is 0 Å². The van der Waals surface area contributed by atoms with E-state index in [1.807, 2.05) is 38.1 Å². The first kappa shape index (κ1) is 17.1. The largest absolute Gasteiger partial charge is 0.647 e. The molecule has 3 rings (SSSR count). The molecule has 3 aromatic carbocycles. The quantitative estimate of drug-likeness (QED) is 0.513. The zero-order chi connectivity index (χ0) is 17.7. The van der Waals surface area contributed by atoms with Gasteiger partial charge >= 0.3 is 7.82 Å². The van der Waals surface area contributed by atoms with Crippen LogP contribution in [0.25, 0.3) is 0 Å². The highest BCUT2D eigenvalue weighted by atomic mass is 31.2. The third kappa shape index (κ3) is 4.43. The van der Waals surface area contributed by atoms with Gasteiger partial charge in [-0.2, -0.15) is 4.57 Å². The summed E-state index contributed by atoms with van der Waals surface area (Å²) in [6, 6.07) is 23.2. The lowest BCUT2D eigenvalue weighted by Gasteiger charge is -2.20. The maximum atomic E-state index is 13.3. The standard InChI is InChI=1S/C20H19O4P/c1-16-10-9-15-20(17(16)2)24-25(21,22-18-11-5-3-6-12-18)23-19-13-7-4-8-14-19/h3-15H,1-2H3. The van der Waals surface area contributed by atoms with Crippen molar-refractivity contribution in [3.63, 3.8) is 0 Å². The summed E-state index contributed by atoms with van der Waals surface area (Å²) in [4.78, 5) is 0. The van der Waals surface area contributed by atoms with Gasteiger partial charge in [0.25, 0.3) is 0 Å². The molecule has 0 aromatic heterocycles. The lowest BCUT2D eigenvalue weighted by atomic mass is 10.1. The van der Waals surface area contributed by atoms with E-state index in [9.17, 15) is 4.57 Å². The van der Waals surface area contributed by atoms with Gasteiger partial charge < -0.3 is 13.6 Å². The minimum absolute atomic E-state index is 0.409. The minimum atomic E-state index is -3.93. The maximum Gasteiger partial charge on any atom is 0.647 e. The highest BCUT2D eigenvalue weighted by molar-refractivity contribution is 7.49. The van der Waals surface area contributed by atoms with Crippen molar-refractivity contribution in [1.82, 2.24) is 0 Å². The van der Waals surface area contributed by atoms with Crippen molar-refractivity contribution in [2.75, 3.05) is 0 Å². The summed E-state index contributed by atoms with van der Waals surface area (Å²) in [7, 11) is -3.93. The second kappa shape index (κ2) is 7.45. The van der Waals surface area contributed by atoms with E-state index >= 15 is 0 Å². The zero-order valence-electron chi connectivity index (χ0n) is 14.1. The Kier molecular flexibility index (Phi) is 5.11. The number of rotatable bonds is 6. The van der Waals surface area contributed by atoms with Crippen molar-refractivity contribution in [2.45, 2.75) is 13.8 Å². The van der Waals surface area contributed by atoms with E-state index in [0.29, 0.717) is 17.2 Å². The van der Waals surface area contributed by atoms with E-state index in [0.717, 1.165) is 11.1 Å². The Bertz CT molecular complexity index is 833. The molecular weight excluding hydrogens is 335 g/mol. The molecular formula is C20H19O4P. The number of benzene rings is 3. The van der Waals surface area contributed by atoms with E-state index in [1.165, 1.54) is 0 Å². The van der Waals surface area contributed by atoms with E-state index in [4.69, 9.17) is 13.6 Å². The second-order valence-electron chi connectivity index (χ2n) is 5.55. The topological polar surface area (TPSA) is 44.8 Å². The fourth-order valence-corrected chi connectivity index (χ4v) is 3.53. The molecule has 4 nitrogen and oxygen atoms in total. The summed E-state index contributed by atoms with van der Waals surface area (Å²) >= 11 is 0. The Hall–Kier alpha value is -2.71. The molecule has 0 aliphatic rings. The average Bonchev–Trinajstić information content (AvgIpc) is 2.60. The Labute approximate surface area is 147 Å². The molecule has 0 N–H and O–H groups in total. The van der Waals surface area contributed by atoms with Crippen LogP contribution in [-0.2, 0) is 4.57 Å². The predicted molar refractivity (Wildman–Crippen MR) is 98.3 cm³/mol. The van der Waals surface area contributed by atoms with Crippen LogP contribution in [0.5, 0.6) is 17.2 Å². The number of hydrogen-bond acceptors (Lipinski definition) is 4. The van der Waals surface area contributed by atoms with Crippen molar-refractivity contribution < 1.29 is 18.1 Å². The zero-order valence-corrected chi connectivity index (χ0v) is 15.0. The van der Waals surface area contributed by atoms with Crippen LogP contribution in [0.4, 0.5) is 0 Å². The summed E-state index contributed by atoms with van der Waals surface area (Å²) in [6.45, 7) is 3.86. The molecule has 0 fully saturated rings. The van der Waals surface area contributed by atoms with E-state index in [2.05, 4.69) is 0 Å². The van der Waals surface area contributed by atoms with Gasteiger partial charge in [0.05, 0.1) is 0 Å². The predicted octanol–water partition coefficient (Wildman–Crippen LogP) is 5.95. The molecule has 0 unspecified atom stereocenters. The molecule has 0 spiro atoms. The van der Waals surface area contributed by atoms with Gasteiger partial charge in [0, 0.05) is 0 Å². The molecule has 0 atom stereocenters. The summed E-state index contributed by atoms with van der Waals surface area (Å²) < 4.78 is 30.3. The number of aryl methyl sites for hydroxylation is 1. The van der Waals surface area contributed by atoms with Crippen LogP contribution in [0.2, 0.25) is 0 Å². The molecule has 0 saturated carbocycles. The van der Waals surface area contributed by atoms with Gasteiger partial charge in [-0.1, -0.05) is 48.5 Å². The number of hydrogen-bond donors (Lipinski definition) is 0. The normalized spacial score (nSPS) is 11.0. The van der Waals surface area contributed by atoms with E-state index in [1.54, 1.807) is 54.6 Å². The van der Waals surface area contributed by atoms with E-state index in [-0.39, 0.29) is 0 Å². The lowest BCUT2D eigenvalue weighted by Crippen LogP contribution is -2.08. The molecule has 0 radical (unpaired) electrons. The number of phosphoric acid groups is 1. The van der Waals surface area contributed by atoms with Crippen LogP contribution in [-0.4, -0.2) is 0 Å². The smallest absolute Gasteiger partial charge is 0.386 e. The molecule has 0 bridgehead atoms. The van der Waals surface area contributed by atoms with Gasteiger partial charge in [0.15, 0.2) is 0 Å². The van der Waals surface area contributed by atoms with Gasteiger partial charge in [-0.05, 0) is 55.3 Å². The van der Waals surface area contributed by atoms with Crippen molar-refractivity contribution in [3.05, 3.63) is 90.0 Å². The molecule has 0 amide bonds. The number of phosphoric ester groups is 1. The SMILES string of the molecule is Cc1cccc(OP(=O)(Oc2ccccc2)Oc2ccccc2)c1C. The second-order valence-corrected chi connectivity index (χ2v) is 6.99. The average molecular weight is 354 g/mol. The van der Waals surface area contributed by atoms with Crippen LogP contribution < -0.4 is 13.6 Å². The first-order chi connectivity index (χ1) is 12.1. The van der Waals surface area contributed by atoms with Gasteiger partial charge in [-0.3, -0.25) is 0 Å². The van der Waals surface area contributed by atoms with Crippen molar-refractivity contribution in [2.24, 2.45) is 0 Å². The van der Waals surface area contributed by atoms with Crippen molar-refractivity contribution >= 4 is 7.82 Å². The van der Waals surface area contributed by atoms with Gasteiger partial charge in [-0.25, -0.2) is 0 Å². The van der Waals surface area contributed by atoms with E-state index < -0.39 is 7.82 Å². The Morgan fingerprint density at radius 3 is 1.68 bits per heavy atom. The molecule has 0 saturated heterocycles. The summed E-state index contributed by atoms with van der Waals surface area (Å²) in [6.07, 6.45) is 0. The van der Waals surface area contributed by atoms with Crippen LogP contribution in [0.3, 0.4) is 0 Å².